The van der Waals surface area contributed by atoms with Crippen LogP contribution in [-0.2, 0) is 9.53 Å². The Morgan fingerprint density at radius 2 is 1.84 bits per heavy atom. The van der Waals surface area contributed by atoms with E-state index in [2.05, 4.69) is 21.9 Å². The van der Waals surface area contributed by atoms with Gasteiger partial charge in [0.2, 0.25) is 5.95 Å². The van der Waals surface area contributed by atoms with Crippen molar-refractivity contribution in [3.05, 3.63) is 71.6 Å². The fourth-order valence-electron chi connectivity index (χ4n) is 3.24. The number of rotatable bonds is 9. The molecule has 8 heteroatoms. The first-order valence-corrected chi connectivity index (χ1v) is 9.99. The highest BCUT2D eigenvalue weighted by atomic mass is 16.5. The van der Waals surface area contributed by atoms with E-state index >= 15 is 0 Å². The Hall–Kier alpha value is -4.07. The zero-order valence-electron chi connectivity index (χ0n) is 17.9. The zero-order valence-corrected chi connectivity index (χ0v) is 17.9. The maximum Gasteiger partial charge on any atom is 0.330 e. The summed E-state index contributed by atoms with van der Waals surface area (Å²) in [6, 6.07) is 10.2. The third kappa shape index (κ3) is 5.34. The molecule has 0 saturated heterocycles. The molecule has 0 aliphatic rings. The summed E-state index contributed by atoms with van der Waals surface area (Å²) in [6.45, 7) is 7.45. The molecule has 0 fully saturated rings. The molecule has 8 nitrogen and oxygen atoms in total. The standard InChI is InChI=1S/C24H23N3O5/c1-4-21(29)32-12-6-11-31-20-10-9-17(14-28)22-18(20)7-5-8-19(22)23(30)27-24-25-15(2)13-16(3)26-24/h4-5,7-10,13-14H,1,6,11-12H2,2-3H3,(H,25,26,27,30). The van der Waals surface area contributed by atoms with Crippen molar-refractivity contribution in [2.24, 2.45) is 0 Å². The molecular formula is C24H23N3O5. The number of carbonyl (C=O) groups excluding carboxylic acids is 3. The van der Waals surface area contributed by atoms with Gasteiger partial charge in [-0.15, -0.1) is 0 Å². The van der Waals surface area contributed by atoms with Gasteiger partial charge in [0.15, 0.2) is 6.29 Å². The van der Waals surface area contributed by atoms with E-state index < -0.39 is 11.9 Å². The molecule has 0 saturated carbocycles. The van der Waals surface area contributed by atoms with Crippen LogP contribution in [-0.4, -0.2) is 41.3 Å². The molecule has 0 aliphatic carbocycles. The number of fused-ring (bicyclic) bond motifs is 1. The van der Waals surface area contributed by atoms with Gasteiger partial charge in [-0.2, -0.15) is 0 Å². The van der Waals surface area contributed by atoms with Crippen LogP contribution in [0.15, 0.2) is 49.1 Å². The van der Waals surface area contributed by atoms with Crippen molar-refractivity contribution in [2.45, 2.75) is 20.3 Å². The number of aryl methyl sites for hydroxylation is 2. The Bertz CT molecular complexity index is 1170. The van der Waals surface area contributed by atoms with Crippen molar-refractivity contribution >= 4 is 34.9 Å². The largest absolute Gasteiger partial charge is 0.493 e. The molecule has 0 bridgehead atoms. The molecule has 0 atom stereocenters. The number of nitrogens with zero attached hydrogens (tertiary/aromatic N) is 2. The van der Waals surface area contributed by atoms with Crippen LogP contribution < -0.4 is 10.1 Å². The van der Waals surface area contributed by atoms with Gasteiger partial charge < -0.3 is 9.47 Å². The maximum absolute atomic E-state index is 13.0. The Morgan fingerprint density at radius 1 is 1.09 bits per heavy atom. The molecule has 3 aromatic rings. The molecule has 0 unspecified atom stereocenters. The lowest BCUT2D eigenvalue weighted by Gasteiger charge is -2.14. The van der Waals surface area contributed by atoms with Gasteiger partial charge in [-0.3, -0.25) is 14.9 Å². The van der Waals surface area contributed by atoms with Crippen molar-refractivity contribution in [3.63, 3.8) is 0 Å². The number of anilines is 1. The minimum absolute atomic E-state index is 0.193. The van der Waals surface area contributed by atoms with Gasteiger partial charge >= 0.3 is 5.97 Å². The fourth-order valence-corrected chi connectivity index (χ4v) is 3.24. The summed E-state index contributed by atoms with van der Waals surface area (Å²) in [7, 11) is 0. The summed E-state index contributed by atoms with van der Waals surface area (Å²) in [5.41, 5.74) is 2.12. The van der Waals surface area contributed by atoms with Gasteiger partial charge in [-0.1, -0.05) is 18.7 Å². The first kappa shape index (κ1) is 22.6. The Kier molecular flexibility index (Phi) is 7.28. The van der Waals surface area contributed by atoms with Crippen LogP contribution in [0, 0.1) is 13.8 Å². The molecule has 0 aliphatic heterocycles. The number of aldehydes is 1. The van der Waals surface area contributed by atoms with Crippen LogP contribution in [0.1, 0.15) is 38.5 Å². The molecule has 32 heavy (non-hydrogen) atoms. The van der Waals surface area contributed by atoms with Crippen molar-refractivity contribution in [3.8, 4) is 5.75 Å². The van der Waals surface area contributed by atoms with Crippen LogP contribution in [0.2, 0.25) is 0 Å². The molecule has 1 heterocycles. The third-order valence-electron chi connectivity index (χ3n) is 4.57. The van der Waals surface area contributed by atoms with Gasteiger partial charge in [-0.05, 0) is 38.1 Å². The van der Waals surface area contributed by atoms with Crippen molar-refractivity contribution in [1.82, 2.24) is 9.97 Å². The summed E-state index contributed by atoms with van der Waals surface area (Å²) in [5.74, 6) is -0.219. The molecule has 0 spiro atoms. The Balaban J connectivity index is 1.86. The van der Waals surface area contributed by atoms with Crippen LogP contribution in [0.5, 0.6) is 5.75 Å². The number of hydrogen-bond donors (Lipinski definition) is 1. The fraction of sp³-hybridized carbons (Fsp3) is 0.208. The molecule has 1 aromatic heterocycles. The Labute approximate surface area is 185 Å². The van der Waals surface area contributed by atoms with E-state index in [1.807, 2.05) is 13.8 Å². The van der Waals surface area contributed by atoms with Gasteiger partial charge in [0.25, 0.3) is 5.91 Å². The zero-order chi connectivity index (χ0) is 23.1. The predicted molar refractivity (Wildman–Crippen MR) is 120 cm³/mol. The van der Waals surface area contributed by atoms with Crippen LogP contribution in [0.25, 0.3) is 10.8 Å². The smallest absolute Gasteiger partial charge is 0.330 e. The second-order valence-electron chi connectivity index (χ2n) is 7.00. The highest BCUT2D eigenvalue weighted by molar-refractivity contribution is 6.17. The minimum Gasteiger partial charge on any atom is -0.493 e. The van der Waals surface area contributed by atoms with Crippen LogP contribution >= 0.6 is 0 Å². The van der Waals surface area contributed by atoms with E-state index in [4.69, 9.17) is 9.47 Å². The van der Waals surface area contributed by atoms with Gasteiger partial charge in [0.1, 0.15) is 5.75 Å². The van der Waals surface area contributed by atoms with Crippen molar-refractivity contribution < 1.29 is 23.9 Å². The average molecular weight is 433 g/mol. The number of benzene rings is 2. The van der Waals surface area contributed by atoms with Crippen LogP contribution in [0.3, 0.4) is 0 Å². The average Bonchev–Trinajstić information content (AvgIpc) is 2.77. The van der Waals surface area contributed by atoms with E-state index in [1.165, 1.54) is 0 Å². The Morgan fingerprint density at radius 3 is 2.53 bits per heavy atom. The summed E-state index contributed by atoms with van der Waals surface area (Å²) in [4.78, 5) is 44.3. The van der Waals surface area contributed by atoms with Gasteiger partial charge in [0.05, 0.1) is 13.2 Å². The molecule has 1 N–H and O–H groups in total. The summed E-state index contributed by atoms with van der Waals surface area (Å²) < 4.78 is 10.8. The highest BCUT2D eigenvalue weighted by Gasteiger charge is 2.17. The highest BCUT2D eigenvalue weighted by Crippen LogP contribution is 2.31. The summed E-state index contributed by atoms with van der Waals surface area (Å²) >= 11 is 0. The van der Waals surface area contributed by atoms with Crippen molar-refractivity contribution in [2.75, 3.05) is 18.5 Å². The lowest BCUT2D eigenvalue weighted by molar-refractivity contribution is -0.137. The topological polar surface area (TPSA) is 107 Å². The molecule has 2 aromatic carbocycles. The monoisotopic (exact) mass is 433 g/mol. The van der Waals surface area contributed by atoms with E-state index in [1.54, 1.807) is 36.4 Å². The number of ether oxygens (including phenoxy) is 2. The predicted octanol–water partition coefficient (Wildman–Crippen LogP) is 3.81. The number of hydrogen-bond acceptors (Lipinski definition) is 7. The number of aromatic nitrogens is 2. The number of carbonyl (C=O) groups is 3. The van der Waals surface area contributed by atoms with Gasteiger partial charge in [-0.25, -0.2) is 14.8 Å². The number of amides is 1. The summed E-state index contributed by atoms with van der Waals surface area (Å²) in [6.07, 6.45) is 2.27. The second-order valence-corrected chi connectivity index (χ2v) is 7.00. The number of nitrogens with one attached hydrogen (secondary N) is 1. The first-order chi connectivity index (χ1) is 15.4. The normalized spacial score (nSPS) is 10.4. The molecule has 0 radical (unpaired) electrons. The first-order valence-electron chi connectivity index (χ1n) is 9.99. The third-order valence-corrected chi connectivity index (χ3v) is 4.57. The second kappa shape index (κ2) is 10.3. The molecule has 3 rings (SSSR count). The van der Waals surface area contributed by atoms with E-state index in [9.17, 15) is 14.4 Å². The molecule has 164 valence electrons. The quantitative estimate of drug-likeness (QED) is 0.237. The maximum atomic E-state index is 13.0. The number of esters is 1. The van der Waals surface area contributed by atoms with Crippen LogP contribution in [0.4, 0.5) is 5.95 Å². The van der Waals surface area contributed by atoms with E-state index in [0.717, 1.165) is 17.5 Å². The van der Waals surface area contributed by atoms with E-state index in [0.29, 0.717) is 40.4 Å². The summed E-state index contributed by atoms with van der Waals surface area (Å²) in [5, 5.41) is 3.79. The molecular weight excluding hydrogens is 410 g/mol. The lowest BCUT2D eigenvalue weighted by atomic mass is 9.98. The molecule has 1 amide bonds. The van der Waals surface area contributed by atoms with Gasteiger partial charge in [0, 0.05) is 45.8 Å². The lowest BCUT2D eigenvalue weighted by Crippen LogP contribution is -2.16. The van der Waals surface area contributed by atoms with Crippen molar-refractivity contribution in [1.29, 1.82) is 0 Å². The SMILES string of the molecule is C=CC(=O)OCCCOc1ccc(C=O)c2c(C(=O)Nc3nc(C)cc(C)n3)cccc12. The van der Waals surface area contributed by atoms with E-state index in [-0.39, 0.29) is 19.2 Å². The minimum atomic E-state index is -0.491.